The number of nitrogens with one attached hydrogen (secondary N) is 1. The molecule has 1 aliphatic rings. The molecular formula is C8H17NO. The van der Waals surface area contributed by atoms with Crippen LogP contribution in [0.3, 0.4) is 0 Å². The van der Waals surface area contributed by atoms with Crippen LogP contribution in [-0.4, -0.2) is 25.3 Å². The van der Waals surface area contributed by atoms with Crippen LogP contribution >= 0.6 is 0 Å². The SMILES string of the molecule is CC(C)NC1CCOCC1. The molecule has 0 atom stereocenters. The van der Waals surface area contributed by atoms with Crippen molar-refractivity contribution in [3.05, 3.63) is 0 Å². The van der Waals surface area contributed by atoms with Crippen LogP contribution < -0.4 is 5.32 Å². The van der Waals surface area contributed by atoms with Crippen LogP contribution in [0.2, 0.25) is 0 Å². The van der Waals surface area contributed by atoms with Crippen molar-refractivity contribution in [1.29, 1.82) is 0 Å². The molecule has 1 aliphatic heterocycles. The molecule has 0 aromatic heterocycles. The number of rotatable bonds is 2. The summed E-state index contributed by atoms with van der Waals surface area (Å²) >= 11 is 0. The van der Waals surface area contributed by atoms with Gasteiger partial charge < -0.3 is 10.1 Å². The first-order valence-electron chi connectivity index (χ1n) is 4.13. The fraction of sp³-hybridized carbons (Fsp3) is 1.00. The van der Waals surface area contributed by atoms with Crippen LogP contribution in [0.4, 0.5) is 0 Å². The van der Waals surface area contributed by atoms with Gasteiger partial charge in [0.1, 0.15) is 0 Å². The molecule has 1 heterocycles. The van der Waals surface area contributed by atoms with E-state index in [1.54, 1.807) is 0 Å². The summed E-state index contributed by atoms with van der Waals surface area (Å²) in [5.74, 6) is 0. The molecule has 0 unspecified atom stereocenters. The van der Waals surface area contributed by atoms with E-state index in [0.29, 0.717) is 12.1 Å². The van der Waals surface area contributed by atoms with Crippen LogP contribution in [0.5, 0.6) is 0 Å². The maximum Gasteiger partial charge on any atom is 0.0480 e. The molecule has 60 valence electrons. The second-order valence-corrected chi connectivity index (χ2v) is 3.21. The molecule has 0 aromatic rings. The van der Waals surface area contributed by atoms with Crippen molar-refractivity contribution in [2.45, 2.75) is 38.8 Å². The lowest BCUT2D eigenvalue weighted by molar-refractivity contribution is 0.0760. The molecule has 1 saturated heterocycles. The van der Waals surface area contributed by atoms with Crippen LogP contribution in [0.15, 0.2) is 0 Å². The third-order valence-corrected chi connectivity index (χ3v) is 1.79. The second kappa shape index (κ2) is 3.94. The zero-order valence-electron chi connectivity index (χ0n) is 6.89. The van der Waals surface area contributed by atoms with Crippen molar-refractivity contribution in [3.63, 3.8) is 0 Å². The number of hydrogen-bond donors (Lipinski definition) is 1. The standard InChI is InChI=1S/C8H17NO/c1-7(2)9-8-3-5-10-6-4-8/h7-9H,3-6H2,1-2H3. The molecule has 1 N–H and O–H groups in total. The minimum absolute atomic E-state index is 0.614. The summed E-state index contributed by atoms with van der Waals surface area (Å²) in [6.45, 7) is 6.25. The number of hydrogen-bond acceptors (Lipinski definition) is 2. The van der Waals surface area contributed by atoms with E-state index < -0.39 is 0 Å². The zero-order valence-corrected chi connectivity index (χ0v) is 6.89. The van der Waals surface area contributed by atoms with Gasteiger partial charge in [-0.1, -0.05) is 13.8 Å². The Balaban J connectivity index is 2.13. The van der Waals surface area contributed by atoms with Gasteiger partial charge in [-0.15, -0.1) is 0 Å². The third kappa shape index (κ3) is 2.67. The van der Waals surface area contributed by atoms with Crippen molar-refractivity contribution in [2.75, 3.05) is 13.2 Å². The summed E-state index contributed by atoms with van der Waals surface area (Å²) < 4.78 is 5.24. The molecule has 0 bridgehead atoms. The average molecular weight is 143 g/mol. The van der Waals surface area contributed by atoms with E-state index in [4.69, 9.17) is 4.74 Å². The summed E-state index contributed by atoms with van der Waals surface area (Å²) in [5, 5.41) is 3.50. The Morgan fingerprint density at radius 3 is 2.40 bits per heavy atom. The van der Waals surface area contributed by atoms with Gasteiger partial charge in [-0.3, -0.25) is 0 Å². The highest BCUT2D eigenvalue weighted by Crippen LogP contribution is 2.06. The van der Waals surface area contributed by atoms with Crippen molar-refractivity contribution >= 4 is 0 Å². The van der Waals surface area contributed by atoms with Gasteiger partial charge in [-0.05, 0) is 12.8 Å². The van der Waals surface area contributed by atoms with E-state index in [1.165, 1.54) is 12.8 Å². The second-order valence-electron chi connectivity index (χ2n) is 3.21. The van der Waals surface area contributed by atoms with Gasteiger partial charge in [-0.25, -0.2) is 0 Å². The zero-order chi connectivity index (χ0) is 7.40. The average Bonchev–Trinajstić information content (AvgIpc) is 1.88. The van der Waals surface area contributed by atoms with Crippen LogP contribution in [0, 0.1) is 0 Å². The van der Waals surface area contributed by atoms with E-state index in [0.717, 1.165) is 13.2 Å². The quantitative estimate of drug-likeness (QED) is 0.626. The summed E-state index contributed by atoms with van der Waals surface area (Å²) in [7, 11) is 0. The molecule has 0 saturated carbocycles. The lowest BCUT2D eigenvalue weighted by atomic mass is 10.1. The molecule has 10 heavy (non-hydrogen) atoms. The first kappa shape index (κ1) is 8.02. The molecule has 0 radical (unpaired) electrons. The minimum atomic E-state index is 0.614. The minimum Gasteiger partial charge on any atom is -0.381 e. The fourth-order valence-corrected chi connectivity index (χ4v) is 1.34. The summed E-state index contributed by atoms with van der Waals surface area (Å²) in [6.07, 6.45) is 2.36. The van der Waals surface area contributed by atoms with Crippen molar-refractivity contribution < 1.29 is 4.74 Å². The summed E-state index contributed by atoms with van der Waals surface area (Å²) in [6, 6.07) is 1.32. The summed E-state index contributed by atoms with van der Waals surface area (Å²) in [4.78, 5) is 0. The first-order chi connectivity index (χ1) is 4.79. The highest BCUT2D eigenvalue weighted by atomic mass is 16.5. The molecular weight excluding hydrogens is 126 g/mol. The van der Waals surface area contributed by atoms with Gasteiger partial charge in [0.25, 0.3) is 0 Å². The Morgan fingerprint density at radius 1 is 1.30 bits per heavy atom. The van der Waals surface area contributed by atoms with Crippen molar-refractivity contribution in [3.8, 4) is 0 Å². The van der Waals surface area contributed by atoms with E-state index in [-0.39, 0.29) is 0 Å². The Hall–Kier alpha value is -0.0800. The molecule has 2 heteroatoms. The molecule has 2 nitrogen and oxygen atoms in total. The monoisotopic (exact) mass is 143 g/mol. The van der Waals surface area contributed by atoms with Gasteiger partial charge in [0.15, 0.2) is 0 Å². The van der Waals surface area contributed by atoms with Gasteiger partial charge in [-0.2, -0.15) is 0 Å². The van der Waals surface area contributed by atoms with E-state index in [9.17, 15) is 0 Å². The highest BCUT2D eigenvalue weighted by Gasteiger charge is 2.13. The van der Waals surface area contributed by atoms with Crippen LogP contribution in [-0.2, 0) is 4.74 Å². The van der Waals surface area contributed by atoms with Crippen molar-refractivity contribution in [1.82, 2.24) is 5.32 Å². The topological polar surface area (TPSA) is 21.3 Å². The molecule has 0 aliphatic carbocycles. The predicted molar refractivity (Wildman–Crippen MR) is 42.1 cm³/mol. The Labute approximate surface area is 63.0 Å². The molecule has 1 fully saturated rings. The fourth-order valence-electron chi connectivity index (χ4n) is 1.34. The van der Waals surface area contributed by atoms with E-state index in [2.05, 4.69) is 19.2 Å². The smallest absolute Gasteiger partial charge is 0.0480 e. The summed E-state index contributed by atoms with van der Waals surface area (Å²) in [5.41, 5.74) is 0. The molecule has 1 rings (SSSR count). The molecule has 0 aromatic carbocycles. The third-order valence-electron chi connectivity index (χ3n) is 1.79. The van der Waals surface area contributed by atoms with Gasteiger partial charge in [0.2, 0.25) is 0 Å². The van der Waals surface area contributed by atoms with Crippen molar-refractivity contribution in [2.24, 2.45) is 0 Å². The van der Waals surface area contributed by atoms with Gasteiger partial charge in [0, 0.05) is 25.3 Å². The first-order valence-corrected chi connectivity index (χ1v) is 4.13. The molecule has 0 spiro atoms. The predicted octanol–water partition coefficient (Wildman–Crippen LogP) is 1.16. The normalized spacial score (nSPS) is 21.9. The van der Waals surface area contributed by atoms with Crippen LogP contribution in [0.25, 0.3) is 0 Å². The lowest BCUT2D eigenvalue weighted by Crippen LogP contribution is -2.38. The largest absolute Gasteiger partial charge is 0.381 e. The molecule has 0 amide bonds. The maximum absolute atomic E-state index is 5.24. The lowest BCUT2D eigenvalue weighted by Gasteiger charge is -2.24. The van der Waals surface area contributed by atoms with Gasteiger partial charge in [0.05, 0.1) is 0 Å². The Bertz CT molecular complexity index is 87.3. The van der Waals surface area contributed by atoms with Crippen LogP contribution in [0.1, 0.15) is 26.7 Å². The number of ether oxygens (including phenoxy) is 1. The highest BCUT2D eigenvalue weighted by molar-refractivity contribution is 4.71. The van der Waals surface area contributed by atoms with E-state index >= 15 is 0 Å². The van der Waals surface area contributed by atoms with Gasteiger partial charge >= 0.3 is 0 Å². The van der Waals surface area contributed by atoms with E-state index in [1.807, 2.05) is 0 Å². The Morgan fingerprint density at radius 2 is 1.90 bits per heavy atom. The Kier molecular flexibility index (Phi) is 3.16. The maximum atomic E-state index is 5.24.